The molecule has 0 heterocycles. The predicted octanol–water partition coefficient (Wildman–Crippen LogP) is 2.05. The summed E-state index contributed by atoms with van der Waals surface area (Å²) < 4.78 is 0.836. The van der Waals surface area contributed by atoms with Crippen LogP contribution in [0.4, 0.5) is 0 Å². The Morgan fingerprint density at radius 1 is 1.83 bits per heavy atom. The molecule has 1 unspecified atom stereocenters. The summed E-state index contributed by atoms with van der Waals surface area (Å²) in [7, 11) is 0. The van der Waals surface area contributed by atoms with Crippen molar-refractivity contribution in [3.63, 3.8) is 0 Å². The number of halogens is 1. The van der Waals surface area contributed by atoms with Crippen LogP contribution in [0.1, 0.15) is 19.8 Å². The summed E-state index contributed by atoms with van der Waals surface area (Å²) in [6, 6.07) is 0. The third-order valence-corrected chi connectivity index (χ3v) is 1.92. The normalized spacial score (nSPS) is 14.7. The van der Waals surface area contributed by atoms with Gasteiger partial charge in [-0.1, -0.05) is 0 Å². The summed E-state index contributed by atoms with van der Waals surface area (Å²) >= 11 is 4.87. The van der Waals surface area contributed by atoms with Crippen LogP contribution in [0.2, 0.25) is 0 Å². The first-order chi connectivity index (χ1) is 2.77. The summed E-state index contributed by atoms with van der Waals surface area (Å²) in [6.45, 7) is 2.21. The Labute approximate surface area is 57.5 Å². The van der Waals surface area contributed by atoms with Gasteiger partial charge in [-0.2, -0.15) is 0 Å². The van der Waals surface area contributed by atoms with Crippen molar-refractivity contribution >= 4 is 15.9 Å². The molecule has 6 heavy (non-hydrogen) atoms. The Balaban J connectivity index is 2.63. The van der Waals surface area contributed by atoms with Crippen molar-refractivity contribution in [2.75, 3.05) is 0 Å². The first-order valence-electron chi connectivity index (χ1n) is 2.24. The van der Waals surface area contributed by atoms with Gasteiger partial charge in [0.2, 0.25) is 0 Å². The molecule has 0 aliphatic carbocycles. The Morgan fingerprint density at radius 2 is 2.33 bits per heavy atom. The molecule has 33 valence electrons. The van der Waals surface area contributed by atoms with Crippen LogP contribution >= 0.6 is 15.9 Å². The molecule has 0 aromatic heterocycles. The van der Waals surface area contributed by atoms with Crippen LogP contribution in [-0.4, -0.2) is 3.42 Å². The number of hydrogen-bond acceptors (Lipinski definition) is 0. The standard InChI is InChI=1S/C4H8Br.Zn/c1-2-3-4-5;/h4H,2-3H2,1H3;. The molecule has 0 N–H and O–H groups in total. The second kappa shape index (κ2) is 4.27. The molecular weight excluding hydrogens is 193 g/mol. The Bertz CT molecular complexity index is 28.7. The Kier molecular flexibility index (Phi) is 5.05. The van der Waals surface area contributed by atoms with E-state index in [4.69, 9.17) is 0 Å². The fourth-order valence-corrected chi connectivity index (χ4v) is 1.63. The van der Waals surface area contributed by atoms with Crippen molar-refractivity contribution in [3.05, 3.63) is 0 Å². The molecule has 0 aliphatic heterocycles. The molecule has 0 bridgehead atoms. The minimum atomic E-state index is 0.836. The Hall–Kier alpha value is 1.10. The average molecular weight is 201 g/mol. The molecule has 0 aromatic carbocycles. The summed E-state index contributed by atoms with van der Waals surface area (Å²) in [5.74, 6) is 0. The van der Waals surface area contributed by atoms with Crippen LogP contribution in [0.15, 0.2) is 0 Å². The summed E-state index contributed by atoms with van der Waals surface area (Å²) in [5, 5.41) is 0. The molecular formula is C4H8BrZn. The summed E-state index contributed by atoms with van der Waals surface area (Å²) in [5.41, 5.74) is 0. The van der Waals surface area contributed by atoms with Crippen molar-refractivity contribution < 1.29 is 18.3 Å². The summed E-state index contributed by atoms with van der Waals surface area (Å²) in [6.07, 6.45) is 2.66. The Morgan fingerprint density at radius 3 is 2.33 bits per heavy atom. The van der Waals surface area contributed by atoms with Crippen molar-refractivity contribution in [2.45, 2.75) is 23.2 Å². The van der Waals surface area contributed by atoms with E-state index in [9.17, 15) is 0 Å². The molecule has 0 radical (unpaired) electrons. The third-order valence-electron chi connectivity index (χ3n) is 0.602. The predicted molar refractivity (Wildman–Crippen MR) is 27.6 cm³/mol. The van der Waals surface area contributed by atoms with Gasteiger partial charge in [0.1, 0.15) is 0 Å². The van der Waals surface area contributed by atoms with Crippen LogP contribution < -0.4 is 0 Å². The second-order valence-electron chi connectivity index (χ2n) is 1.39. The maximum absolute atomic E-state index is 3.49. The van der Waals surface area contributed by atoms with Gasteiger partial charge >= 0.3 is 57.4 Å². The van der Waals surface area contributed by atoms with Gasteiger partial charge in [-0.25, -0.2) is 0 Å². The van der Waals surface area contributed by atoms with E-state index in [0.717, 1.165) is 3.42 Å². The summed E-state index contributed by atoms with van der Waals surface area (Å²) in [4.78, 5) is 0. The number of hydrogen-bond donors (Lipinski definition) is 0. The van der Waals surface area contributed by atoms with Crippen LogP contribution in [0.25, 0.3) is 0 Å². The molecule has 0 rings (SSSR count). The monoisotopic (exact) mass is 199 g/mol. The zero-order valence-electron chi connectivity index (χ0n) is 4.08. The SMILES string of the molecule is CCC[CH]([Zn])Br. The van der Waals surface area contributed by atoms with Crippen LogP contribution in [-0.2, 0) is 18.3 Å². The van der Waals surface area contributed by atoms with E-state index in [0.29, 0.717) is 0 Å². The first kappa shape index (κ1) is 7.10. The van der Waals surface area contributed by atoms with Gasteiger partial charge in [-0.05, 0) is 0 Å². The molecule has 0 nitrogen and oxygen atoms in total. The van der Waals surface area contributed by atoms with Gasteiger partial charge < -0.3 is 0 Å². The van der Waals surface area contributed by atoms with Crippen molar-refractivity contribution in [2.24, 2.45) is 0 Å². The number of alkyl halides is 1. The fraction of sp³-hybridized carbons (Fsp3) is 1.00. The van der Waals surface area contributed by atoms with Gasteiger partial charge in [-0.15, -0.1) is 0 Å². The van der Waals surface area contributed by atoms with Gasteiger partial charge in [0.05, 0.1) is 0 Å². The zero-order valence-corrected chi connectivity index (χ0v) is 8.63. The van der Waals surface area contributed by atoms with E-state index < -0.39 is 0 Å². The van der Waals surface area contributed by atoms with E-state index in [1.165, 1.54) is 31.1 Å². The van der Waals surface area contributed by atoms with Crippen molar-refractivity contribution in [3.8, 4) is 0 Å². The first-order valence-corrected chi connectivity index (χ1v) is 4.87. The van der Waals surface area contributed by atoms with Gasteiger partial charge in [0.15, 0.2) is 0 Å². The number of rotatable bonds is 2. The molecule has 1 atom stereocenters. The molecule has 2 heteroatoms. The maximum atomic E-state index is 3.49. The van der Waals surface area contributed by atoms with E-state index in [2.05, 4.69) is 22.9 Å². The van der Waals surface area contributed by atoms with E-state index in [1.807, 2.05) is 0 Å². The third kappa shape index (κ3) is 5.10. The van der Waals surface area contributed by atoms with E-state index in [-0.39, 0.29) is 0 Å². The van der Waals surface area contributed by atoms with Gasteiger partial charge in [-0.3, -0.25) is 0 Å². The molecule has 0 fully saturated rings. The van der Waals surface area contributed by atoms with Crippen LogP contribution in [0.5, 0.6) is 0 Å². The van der Waals surface area contributed by atoms with E-state index in [1.54, 1.807) is 0 Å². The van der Waals surface area contributed by atoms with Crippen molar-refractivity contribution in [1.29, 1.82) is 0 Å². The fourth-order valence-electron chi connectivity index (χ4n) is 0.313. The zero-order chi connectivity index (χ0) is 4.99. The van der Waals surface area contributed by atoms with Gasteiger partial charge in [0, 0.05) is 0 Å². The molecule has 0 saturated heterocycles. The molecule has 0 aliphatic rings. The second-order valence-corrected chi connectivity index (χ2v) is 7.26. The molecule has 0 spiro atoms. The van der Waals surface area contributed by atoms with Crippen molar-refractivity contribution in [1.82, 2.24) is 0 Å². The molecule has 0 saturated carbocycles. The average Bonchev–Trinajstić information content (AvgIpc) is 1.35. The molecule has 0 amide bonds. The van der Waals surface area contributed by atoms with E-state index >= 15 is 0 Å². The minimum absolute atomic E-state index is 0.836. The molecule has 0 aromatic rings. The van der Waals surface area contributed by atoms with Crippen LogP contribution in [0.3, 0.4) is 0 Å². The van der Waals surface area contributed by atoms with Gasteiger partial charge in [0.25, 0.3) is 0 Å². The van der Waals surface area contributed by atoms with Crippen LogP contribution in [0, 0.1) is 0 Å². The topological polar surface area (TPSA) is 0 Å². The quantitative estimate of drug-likeness (QED) is 0.474.